The first kappa shape index (κ1) is 12.1. The number of nitrogens with two attached hydrogens (primary N) is 1. The molecule has 0 aliphatic heterocycles. The standard InChI is InChI=1S/C12H21N3/c1-2-3-4-8-12(15-13)10-11-7-5-6-9-14-11/h5-7,9,12,15H,2-4,8,10,13H2,1H3. The zero-order valence-electron chi connectivity index (χ0n) is 9.45. The molecule has 3 N–H and O–H groups in total. The number of nitrogens with one attached hydrogen (secondary N) is 1. The highest BCUT2D eigenvalue weighted by Crippen LogP contribution is 2.07. The molecule has 3 heteroatoms. The van der Waals surface area contributed by atoms with E-state index in [4.69, 9.17) is 5.84 Å². The lowest BCUT2D eigenvalue weighted by atomic mass is 10.0. The van der Waals surface area contributed by atoms with Crippen molar-refractivity contribution in [1.29, 1.82) is 0 Å². The van der Waals surface area contributed by atoms with E-state index in [1.807, 2.05) is 24.4 Å². The number of aromatic nitrogens is 1. The van der Waals surface area contributed by atoms with Gasteiger partial charge in [0, 0.05) is 24.4 Å². The fraction of sp³-hybridized carbons (Fsp3) is 0.583. The first-order chi connectivity index (χ1) is 7.36. The molecule has 0 aliphatic rings. The third-order valence-corrected chi connectivity index (χ3v) is 2.57. The molecule has 1 aromatic heterocycles. The molecule has 0 bridgehead atoms. The molecule has 84 valence electrons. The smallest absolute Gasteiger partial charge is 0.0419 e. The fourth-order valence-electron chi connectivity index (χ4n) is 1.66. The molecular weight excluding hydrogens is 186 g/mol. The van der Waals surface area contributed by atoms with Crippen molar-refractivity contribution in [3.8, 4) is 0 Å². The van der Waals surface area contributed by atoms with Crippen molar-refractivity contribution in [2.24, 2.45) is 5.84 Å². The highest BCUT2D eigenvalue weighted by molar-refractivity contribution is 5.05. The van der Waals surface area contributed by atoms with E-state index in [0.29, 0.717) is 6.04 Å². The molecule has 0 aromatic carbocycles. The average Bonchev–Trinajstić information content (AvgIpc) is 2.29. The molecule has 0 saturated heterocycles. The summed E-state index contributed by atoms with van der Waals surface area (Å²) < 4.78 is 0. The number of nitrogens with zero attached hydrogens (tertiary/aromatic N) is 1. The van der Waals surface area contributed by atoms with Crippen LogP contribution in [0.3, 0.4) is 0 Å². The lowest BCUT2D eigenvalue weighted by Gasteiger charge is -2.14. The normalized spacial score (nSPS) is 12.7. The van der Waals surface area contributed by atoms with Crippen LogP contribution in [0, 0.1) is 0 Å². The zero-order valence-corrected chi connectivity index (χ0v) is 9.45. The quantitative estimate of drug-likeness (QED) is 0.408. The molecule has 1 unspecified atom stereocenters. The summed E-state index contributed by atoms with van der Waals surface area (Å²) in [5.74, 6) is 5.53. The molecule has 0 aliphatic carbocycles. The molecule has 0 radical (unpaired) electrons. The maximum atomic E-state index is 5.53. The predicted molar refractivity (Wildman–Crippen MR) is 63.2 cm³/mol. The van der Waals surface area contributed by atoms with E-state index in [9.17, 15) is 0 Å². The molecule has 0 fully saturated rings. The minimum Gasteiger partial charge on any atom is -0.271 e. The van der Waals surface area contributed by atoms with Gasteiger partial charge in [0.2, 0.25) is 0 Å². The average molecular weight is 207 g/mol. The minimum absolute atomic E-state index is 0.353. The Labute approximate surface area is 92.1 Å². The van der Waals surface area contributed by atoms with E-state index in [0.717, 1.165) is 18.5 Å². The Morgan fingerprint density at radius 1 is 1.40 bits per heavy atom. The van der Waals surface area contributed by atoms with Crippen LogP contribution in [0.1, 0.15) is 38.3 Å². The van der Waals surface area contributed by atoms with Crippen LogP contribution < -0.4 is 11.3 Å². The second-order valence-electron chi connectivity index (χ2n) is 3.88. The van der Waals surface area contributed by atoms with Gasteiger partial charge in [-0.15, -0.1) is 0 Å². The number of hydrogen-bond donors (Lipinski definition) is 2. The van der Waals surface area contributed by atoms with Gasteiger partial charge in [-0.3, -0.25) is 16.3 Å². The summed E-state index contributed by atoms with van der Waals surface area (Å²) >= 11 is 0. The first-order valence-corrected chi connectivity index (χ1v) is 5.72. The second kappa shape index (κ2) is 7.37. The number of unbranched alkanes of at least 4 members (excludes halogenated alkanes) is 2. The summed E-state index contributed by atoms with van der Waals surface area (Å²) in [6.07, 6.45) is 7.64. The fourth-order valence-corrected chi connectivity index (χ4v) is 1.66. The van der Waals surface area contributed by atoms with Gasteiger partial charge in [-0.1, -0.05) is 32.3 Å². The molecule has 0 saturated carbocycles. The van der Waals surface area contributed by atoms with Crippen LogP contribution >= 0.6 is 0 Å². The Bertz CT molecular complexity index is 248. The molecule has 1 atom stereocenters. The lowest BCUT2D eigenvalue weighted by molar-refractivity contribution is 0.463. The van der Waals surface area contributed by atoms with E-state index in [2.05, 4.69) is 17.3 Å². The number of hydrogen-bond acceptors (Lipinski definition) is 3. The van der Waals surface area contributed by atoms with Gasteiger partial charge in [0.1, 0.15) is 0 Å². The van der Waals surface area contributed by atoms with Crippen LogP contribution in [0.5, 0.6) is 0 Å². The zero-order chi connectivity index (χ0) is 10.9. The largest absolute Gasteiger partial charge is 0.271 e. The van der Waals surface area contributed by atoms with Gasteiger partial charge in [0.05, 0.1) is 0 Å². The summed E-state index contributed by atoms with van der Waals surface area (Å²) in [5.41, 5.74) is 3.98. The van der Waals surface area contributed by atoms with Crippen molar-refractivity contribution in [3.63, 3.8) is 0 Å². The maximum Gasteiger partial charge on any atom is 0.0419 e. The third-order valence-electron chi connectivity index (χ3n) is 2.57. The van der Waals surface area contributed by atoms with Crippen LogP contribution in [0.15, 0.2) is 24.4 Å². The molecule has 1 rings (SSSR count). The van der Waals surface area contributed by atoms with Crippen molar-refractivity contribution in [3.05, 3.63) is 30.1 Å². The van der Waals surface area contributed by atoms with E-state index in [-0.39, 0.29) is 0 Å². The SMILES string of the molecule is CCCCCC(Cc1ccccn1)NN. The van der Waals surface area contributed by atoms with Crippen molar-refractivity contribution >= 4 is 0 Å². The van der Waals surface area contributed by atoms with E-state index >= 15 is 0 Å². The van der Waals surface area contributed by atoms with Crippen LogP contribution in [-0.4, -0.2) is 11.0 Å². The molecule has 3 nitrogen and oxygen atoms in total. The minimum atomic E-state index is 0.353. The van der Waals surface area contributed by atoms with Gasteiger partial charge in [0.25, 0.3) is 0 Å². The Kier molecular flexibility index (Phi) is 5.97. The van der Waals surface area contributed by atoms with Gasteiger partial charge in [-0.2, -0.15) is 0 Å². The van der Waals surface area contributed by atoms with Gasteiger partial charge in [0.15, 0.2) is 0 Å². The maximum absolute atomic E-state index is 5.53. The number of pyridine rings is 1. The summed E-state index contributed by atoms with van der Waals surface area (Å²) in [4.78, 5) is 4.30. The van der Waals surface area contributed by atoms with Gasteiger partial charge in [-0.05, 0) is 18.6 Å². The molecule has 0 spiro atoms. The van der Waals surface area contributed by atoms with Gasteiger partial charge < -0.3 is 0 Å². The topological polar surface area (TPSA) is 50.9 Å². The van der Waals surface area contributed by atoms with E-state index < -0.39 is 0 Å². The summed E-state index contributed by atoms with van der Waals surface area (Å²) in [6.45, 7) is 2.21. The lowest BCUT2D eigenvalue weighted by Crippen LogP contribution is -2.36. The van der Waals surface area contributed by atoms with Crippen molar-refractivity contribution in [2.75, 3.05) is 0 Å². The third kappa shape index (κ3) is 4.91. The van der Waals surface area contributed by atoms with Crippen molar-refractivity contribution in [2.45, 2.75) is 45.1 Å². The van der Waals surface area contributed by atoms with Crippen LogP contribution in [0.2, 0.25) is 0 Å². The Balaban J connectivity index is 2.33. The van der Waals surface area contributed by atoms with Gasteiger partial charge in [-0.25, -0.2) is 0 Å². The monoisotopic (exact) mass is 207 g/mol. The molecular formula is C12H21N3. The Morgan fingerprint density at radius 3 is 2.87 bits per heavy atom. The summed E-state index contributed by atoms with van der Waals surface area (Å²) in [5, 5.41) is 0. The molecule has 0 amide bonds. The van der Waals surface area contributed by atoms with Crippen LogP contribution in [-0.2, 0) is 6.42 Å². The van der Waals surface area contributed by atoms with Crippen molar-refractivity contribution < 1.29 is 0 Å². The molecule has 1 heterocycles. The van der Waals surface area contributed by atoms with Crippen LogP contribution in [0.4, 0.5) is 0 Å². The Hall–Kier alpha value is -0.930. The summed E-state index contributed by atoms with van der Waals surface area (Å²) in [6, 6.07) is 6.35. The first-order valence-electron chi connectivity index (χ1n) is 5.72. The van der Waals surface area contributed by atoms with Crippen LogP contribution in [0.25, 0.3) is 0 Å². The highest BCUT2D eigenvalue weighted by Gasteiger charge is 2.07. The second-order valence-corrected chi connectivity index (χ2v) is 3.88. The number of rotatable bonds is 7. The predicted octanol–water partition coefficient (Wildman–Crippen LogP) is 2.04. The summed E-state index contributed by atoms with van der Waals surface area (Å²) in [7, 11) is 0. The molecule has 1 aromatic rings. The number of hydrazine groups is 1. The van der Waals surface area contributed by atoms with E-state index in [1.165, 1.54) is 19.3 Å². The Morgan fingerprint density at radius 2 is 2.27 bits per heavy atom. The molecule has 15 heavy (non-hydrogen) atoms. The van der Waals surface area contributed by atoms with E-state index in [1.54, 1.807) is 0 Å². The highest BCUT2D eigenvalue weighted by atomic mass is 15.2. The van der Waals surface area contributed by atoms with Gasteiger partial charge >= 0.3 is 0 Å². The van der Waals surface area contributed by atoms with Crippen molar-refractivity contribution in [1.82, 2.24) is 10.4 Å².